The van der Waals surface area contributed by atoms with Crippen molar-refractivity contribution >= 4 is 20.9 Å². The van der Waals surface area contributed by atoms with Crippen LogP contribution in [0.3, 0.4) is 0 Å². The van der Waals surface area contributed by atoms with E-state index in [4.69, 9.17) is 0 Å². The Morgan fingerprint density at radius 1 is 1.08 bits per heavy atom. The van der Waals surface area contributed by atoms with Gasteiger partial charge in [0.1, 0.15) is 5.82 Å². The molecule has 24 heavy (non-hydrogen) atoms. The van der Waals surface area contributed by atoms with E-state index in [0.29, 0.717) is 25.1 Å². The smallest absolute Gasteiger partial charge is 0.218 e. The SMILES string of the molecule is O=S(=O)(Cc1ccc(F)cc1)N1CCc2c([nH]c3ccccc23)C1. The molecule has 4 nitrogen and oxygen atoms in total. The maximum atomic E-state index is 13.0. The zero-order valence-corrected chi connectivity index (χ0v) is 13.8. The minimum Gasteiger partial charge on any atom is -0.357 e. The van der Waals surface area contributed by atoms with Gasteiger partial charge in [-0.25, -0.2) is 12.8 Å². The lowest BCUT2D eigenvalue weighted by Gasteiger charge is -2.26. The van der Waals surface area contributed by atoms with E-state index in [2.05, 4.69) is 11.1 Å². The molecular weight excluding hydrogens is 327 g/mol. The number of H-pyrrole nitrogens is 1. The number of nitrogens with one attached hydrogen (secondary N) is 1. The van der Waals surface area contributed by atoms with Crippen molar-refractivity contribution in [2.45, 2.75) is 18.7 Å². The van der Waals surface area contributed by atoms with E-state index >= 15 is 0 Å². The molecule has 0 saturated carbocycles. The summed E-state index contributed by atoms with van der Waals surface area (Å²) in [6, 6.07) is 13.6. The van der Waals surface area contributed by atoms with E-state index in [1.165, 1.54) is 39.5 Å². The Morgan fingerprint density at radius 3 is 2.62 bits per heavy atom. The van der Waals surface area contributed by atoms with E-state index in [0.717, 1.165) is 11.2 Å². The Hall–Kier alpha value is -2.18. The van der Waals surface area contributed by atoms with Crippen LogP contribution in [0.2, 0.25) is 0 Å². The van der Waals surface area contributed by atoms with Crippen molar-refractivity contribution < 1.29 is 12.8 Å². The summed E-state index contributed by atoms with van der Waals surface area (Å²) < 4.78 is 39.9. The monoisotopic (exact) mass is 344 g/mol. The van der Waals surface area contributed by atoms with Crippen molar-refractivity contribution in [3.05, 3.63) is 71.2 Å². The highest BCUT2D eigenvalue weighted by Gasteiger charge is 2.28. The van der Waals surface area contributed by atoms with Crippen molar-refractivity contribution in [2.75, 3.05) is 6.54 Å². The van der Waals surface area contributed by atoms with Crippen LogP contribution in [0.1, 0.15) is 16.8 Å². The second-order valence-electron chi connectivity index (χ2n) is 6.09. The molecule has 2 heterocycles. The molecule has 0 unspecified atom stereocenters. The second-order valence-corrected chi connectivity index (χ2v) is 8.06. The predicted molar refractivity (Wildman–Crippen MR) is 91.4 cm³/mol. The van der Waals surface area contributed by atoms with Crippen LogP contribution >= 0.6 is 0 Å². The normalized spacial score (nSPS) is 15.5. The fraction of sp³-hybridized carbons (Fsp3) is 0.222. The van der Waals surface area contributed by atoms with Crippen molar-refractivity contribution in [2.24, 2.45) is 0 Å². The topological polar surface area (TPSA) is 53.2 Å². The predicted octanol–water partition coefficient (Wildman–Crippen LogP) is 3.20. The highest BCUT2D eigenvalue weighted by Crippen LogP contribution is 2.29. The molecule has 0 saturated heterocycles. The number of nitrogens with zero attached hydrogens (tertiary/aromatic N) is 1. The molecule has 6 heteroatoms. The summed E-state index contributed by atoms with van der Waals surface area (Å²) in [6.07, 6.45) is 0.696. The number of hydrogen-bond donors (Lipinski definition) is 1. The molecule has 124 valence electrons. The number of aromatic amines is 1. The van der Waals surface area contributed by atoms with Gasteiger partial charge in [0.15, 0.2) is 0 Å². The minimum absolute atomic E-state index is 0.108. The van der Waals surface area contributed by atoms with E-state index in [9.17, 15) is 12.8 Å². The summed E-state index contributed by atoms with van der Waals surface area (Å²) in [7, 11) is -3.44. The summed E-state index contributed by atoms with van der Waals surface area (Å²) in [5, 5.41) is 1.17. The first-order valence-electron chi connectivity index (χ1n) is 7.84. The van der Waals surface area contributed by atoms with Crippen LogP contribution in [0.15, 0.2) is 48.5 Å². The molecule has 0 spiro atoms. The third-order valence-corrected chi connectivity index (χ3v) is 6.30. The van der Waals surface area contributed by atoms with Gasteiger partial charge in [-0.15, -0.1) is 0 Å². The van der Waals surface area contributed by atoms with Crippen molar-refractivity contribution in [1.82, 2.24) is 9.29 Å². The average molecular weight is 344 g/mol. The van der Waals surface area contributed by atoms with E-state index in [1.54, 1.807) is 0 Å². The van der Waals surface area contributed by atoms with Crippen LogP contribution in [0.4, 0.5) is 4.39 Å². The molecule has 0 radical (unpaired) electrons. The van der Waals surface area contributed by atoms with Gasteiger partial charge in [-0.05, 0) is 35.7 Å². The van der Waals surface area contributed by atoms with E-state index in [-0.39, 0.29) is 11.6 Å². The van der Waals surface area contributed by atoms with Gasteiger partial charge in [0.05, 0.1) is 12.3 Å². The number of benzene rings is 2. The first kappa shape index (κ1) is 15.4. The molecular formula is C18H17FN2O2S. The number of fused-ring (bicyclic) bond motifs is 3. The first-order valence-corrected chi connectivity index (χ1v) is 9.44. The molecule has 0 amide bonds. The fourth-order valence-electron chi connectivity index (χ4n) is 3.29. The maximum Gasteiger partial charge on any atom is 0.218 e. The van der Waals surface area contributed by atoms with E-state index in [1.807, 2.05) is 18.2 Å². The van der Waals surface area contributed by atoms with Crippen LogP contribution < -0.4 is 0 Å². The summed E-state index contributed by atoms with van der Waals surface area (Å²) >= 11 is 0. The standard InChI is InChI=1S/C18H17FN2O2S/c19-14-7-5-13(6-8-14)12-24(22,23)21-10-9-16-15-3-1-2-4-17(15)20-18(16)11-21/h1-8,20H,9-12H2. The van der Waals surface area contributed by atoms with Gasteiger partial charge in [0.2, 0.25) is 10.0 Å². The van der Waals surface area contributed by atoms with Crippen LogP contribution in [0, 0.1) is 5.82 Å². The summed E-state index contributed by atoms with van der Waals surface area (Å²) in [5.74, 6) is -0.472. The first-order chi connectivity index (χ1) is 11.5. The number of halogens is 1. The molecule has 2 aromatic carbocycles. The van der Waals surface area contributed by atoms with Crippen molar-refractivity contribution in [3.63, 3.8) is 0 Å². The molecule has 0 bridgehead atoms. The van der Waals surface area contributed by atoms with Crippen LogP contribution in [0.25, 0.3) is 10.9 Å². The van der Waals surface area contributed by atoms with Crippen LogP contribution in [0.5, 0.6) is 0 Å². The highest BCUT2D eigenvalue weighted by molar-refractivity contribution is 7.88. The summed E-state index contributed by atoms with van der Waals surface area (Å²) in [6.45, 7) is 0.825. The third kappa shape index (κ3) is 2.72. The minimum atomic E-state index is -3.44. The van der Waals surface area contributed by atoms with Gasteiger partial charge in [-0.1, -0.05) is 30.3 Å². The largest absolute Gasteiger partial charge is 0.357 e. The molecule has 0 atom stereocenters. The average Bonchev–Trinajstić information content (AvgIpc) is 2.94. The number of rotatable bonds is 3. The van der Waals surface area contributed by atoms with Crippen LogP contribution in [-0.4, -0.2) is 24.3 Å². The Kier molecular flexibility index (Phi) is 3.66. The van der Waals surface area contributed by atoms with E-state index < -0.39 is 10.0 Å². The third-order valence-electron chi connectivity index (χ3n) is 4.50. The zero-order chi connectivity index (χ0) is 16.7. The van der Waals surface area contributed by atoms with Gasteiger partial charge in [-0.2, -0.15) is 4.31 Å². The van der Waals surface area contributed by atoms with Gasteiger partial charge in [0, 0.05) is 23.1 Å². The van der Waals surface area contributed by atoms with Gasteiger partial charge in [-0.3, -0.25) is 0 Å². The lowest BCUT2D eigenvalue weighted by atomic mass is 10.1. The molecule has 0 aliphatic carbocycles. The summed E-state index contributed by atoms with van der Waals surface area (Å²) in [4.78, 5) is 3.33. The fourth-order valence-corrected chi connectivity index (χ4v) is 4.78. The molecule has 1 aliphatic rings. The Bertz CT molecular complexity index is 994. The van der Waals surface area contributed by atoms with Gasteiger partial charge < -0.3 is 4.98 Å². The molecule has 3 aromatic rings. The Labute approximate surface area is 140 Å². The van der Waals surface area contributed by atoms with Crippen molar-refractivity contribution in [3.8, 4) is 0 Å². The Morgan fingerprint density at radius 2 is 1.83 bits per heavy atom. The second kappa shape index (κ2) is 5.72. The Balaban J connectivity index is 1.60. The van der Waals surface area contributed by atoms with Gasteiger partial charge in [0.25, 0.3) is 0 Å². The van der Waals surface area contributed by atoms with Gasteiger partial charge >= 0.3 is 0 Å². The number of sulfonamides is 1. The lowest BCUT2D eigenvalue weighted by Crippen LogP contribution is -2.36. The molecule has 4 rings (SSSR count). The lowest BCUT2D eigenvalue weighted by molar-refractivity contribution is 0.388. The molecule has 1 aliphatic heterocycles. The number of aromatic nitrogens is 1. The number of para-hydroxylation sites is 1. The number of hydrogen-bond acceptors (Lipinski definition) is 2. The molecule has 0 fully saturated rings. The molecule has 1 aromatic heterocycles. The van der Waals surface area contributed by atoms with Crippen molar-refractivity contribution in [1.29, 1.82) is 0 Å². The quantitative estimate of drug-likeness (QED) is 0.793. The zero-order valence-electron chi connectivity index (χ0n) is 13.0. The summed E-state index contributed by atoms with van der Waals surface area (Å²) in [5.41, 5.74) is 3.81. The van der Waals surface area contributed by atoms with Crippen LogP contribution in [-0.2, 0) is 28.7 Å². The maximum absolute atomic E-state index is 13.0. The highest BCUT2D eigenvalue weighted by atomic mass is 32.2. The molecule has 1 N–H and O–H groups in total.